The molecule has 0 aliphatic carbocycles. The van der Waals surface area contributed by atoms with Crippen molar-refractivity contribution in [2.24, 2.45) is 0 Å². The molecule has 0 bridgehead atoms. The molecule has 0 heterocycles. The average molecular weight is 368 g/mol. The molecule has 0 saturated carbocycles. The van der Waals surface area contributed by atoms with Crippen molar-refractivity contribution >= 4 is 21.6 Å². The zero-order valence-corrected chi connectivity index (χ0v) is 10.7. The van der Waals surface area contributed by atoms with Crippen LogP contribution in [0.2, 0.25) is 0 Å². The van der Waals surface area contributed by atoms with Crippen LogP contribution in [-0.4, -0.2) is 22.4 Å². The van der Waals surface area contributed by atoms with Gasteiger partial charge in [0.15, 0.2) is 0 Å². The molecule has 0 amide bonds. The van der Waals surface area contributed by atoms with E-state index in [0.29, 0.717) is 12.1 Å². The molecule has 1 rings (SSSR count). The molecule has 0 aliphatic rings. The molecule has 1 N–H and O–H groups in total. The molecule has 112 valence electrons. The van der Waals surface area contributed by atoms with E-state index in [1.54, 1.807) is 0 Å². The van der Waals surface area contributed by atoms with Crippen molar-refractivity contribution in [3.63, 3.8) is 0 Å². The van der Waals surface area contributed by atoms with E-state index in [4.69, 9.17) is 5.11 Å². The second-order valence-corrected chi connectivity index (χ2v) is 4.48. The van der Waals surface area contributed by atoms with E-state index in [2.05, 4.69) is 15.9 Å². The van der Waals surface area contributed by atoms with Crippen LogP contribution in [0.4, 0.5) is 32.0 Å². The minimum Gasteiger partial charge on any atom is -0.369 e. The van der Waals surface area contributed by atoms with Gasteiger partial charge < -0.3 is 5.11 Å². The van der Waals surface area contributed by atoms with Gasteiger partial charge in [0.1, 0.15) is 0 Å². The number of hydrogen-bond donors (Lipinski definition) is 1. The highest BCUT2D eigenvalue weighted by Crippen LogP contribution is 2.50. The Kier molecular flexibility index (Phi) is 4.07. The van der Waals surface area contributed by atoms with E-state index < -0.39 is 34.1 Å². The monoisotopic (exact) mass is 367 g/mol. The number of aliphatic hydroxyl groups is 1. The Balaban J connectivity index is 3.61. The van der Waals surface area contributed by atoms with Crippen LogP contribution >= 0.6 is 15.9 Å². The molecule has 0 saturated heterocycles. The standard InChI is InChI=1S/C9H4BrF6NO3/c10-5-2-1-4(3-6(5)17(19)20)7(18,8(11,12)13)9(14,15)16/h1-3,18H. The van der Waals surface area contributed by atoms with Crippen molar-refractivity contribution in [1.82, 2.24) is 0 Å². The first-order valence-corrected chi connectivity index (χ1v) is 5.42. The van der Waals surface area contributed by atoms with Gasteiger partial charge in [-0.25, -0.2) is 0 Å². The van der Waals surface area contributed by atoms with E-state index in [9.17, 15) is 36.5 Å². The van der Waals surface area contributed by atoms with Gasteiger partial charge in [0, 0.05) is 11.6 Å². The maximum Gasteiger partial charge on any atom is 0.430 e. The number of rotatable bonds is 2. The Hall–Kier alpha value is -1.36. The Morgan fingerprint density at radius 3 is 1.90 bits per heavy atom. The fourth-order valence-electron chi connectivity index (χ4n) is 1.37. The lowest BCUT2D eigenvalue weighted by Crippen LogP contribution is -2.53. The number of halogens is 7. The largest absolute Gasteiger partial charge is 0.430 e. The number of alkyl halides is 6. The molecule has 0 aromatic heterocycles. The van der Waals surface area contributed by atoms with Crippen LogP contribution in [0.5, 0.6) is 0 Å². The number of hydrogen-bond acceptors (Lipinski definition) is 3. The van der Waals surface area contributed by atoms with Crippen molar-refractivity contribution in [1.29, 1.82) is 0 Å². The number of benzene rings is 1. The zero-order chi connectivity index (χ0) is 15.9. The van der Waals surface area contributed by atoms with Gasteiger partial charge in [0.25, 0.3) is 11.3 Å². The number of nitro groups is 1. The summed E-state index contributed by atoms with van der Waals surface area (Å²) >= 11 is 2.61. The summed E-state index contributed by atoms with van der Waals surface area (Å²) < 4.78 is 75.1. The van der Waals surface area contributed by atoms with Crippen LogP contribution in [0.3, 0.4) is 0 Å². The molecule has 0 radical (unpaired) electrons. The molecular formula is C9H4BrF6NO3. The van der Waals surface area contributed by atoms with Crippen LogP contribution in [0.25, 0.3) is 0 Å². The second kappa shape index (κ2) is 4.88. The van der Waals surface area contributed by atoms with Crippen LogP contribution < -0.4 is 0 Å². The van der Waals surface area contributed by atoms with E-state index >= 15 is 0 Å². The highest BCUT2D eigenvalue weighted by molar-refractivity contribution is 9.10. The summed E-state index contributed by atoms with van der Waals surface area (Å²) in [5, 5.41) is 19.6. The molecule has 11 heteroatoms. The van der Waals surface area contributed by atoms with Crippen molar-refractivity contribution in [3.05, 3.63) is 38.3 Å². The first-order chi connectivity index (χ1) is 8.82. The van der Waals surface area contributed by atoms with Crippen molar-refractivity contribution in [2.75, 3.05) is 0 Å². The molecule has 4 nitrogen and oxygen atoms in total. The third kappa shape index (κ3) is 2.59. The van der Waals surface area contributed by atoms with E-state index in [1.165, 1.54) is 0 Å². The van der Waals surface area contributed by atoms with E-state index in [0.717, 1.165) is 0 Å². The summed E-state index contributed by atoms with van der Waals surface area (Å²) in [4.78, 5) is 9.35. The lowest BCUT2D eigenvalue weighted by atomic mass is 9.92. The molecule has 0 atom stereocenters. The summed E-state index contributed by atoms with van der Waals surface area (Å²) in [7, 11) is 0. The Bertz CT molecular complexity index is 527. The molecule has 0 aliphatic heterocycles. The first-order valence-electron chi connectivity index (χ1n) is 4.62. The Morgan fingerprint density at radius 1 is 1.10 bits per heavy atom. The fraction of sp³-hybridized carbons (Fsp3) is 0.333. The highest BCUT2D eigenvalue weighted by Gasteiger charge is 2.71. The van der Waals surface area contributed by atoms with Gasteiger partial charge in [-0.2, -0.15) is 26.3 Å². The van der Waals surface area contributed by atoms with Crippen LogP contribution in [-0.2, 0) is 5.60 Å². The third-order valence-electron chi connectivity index (χ3n) is 2.38. The minimum absolute atomic E-state index is 0.0189. The lowest BCUT2D eigenvalue weighted by Gasteiger charge is -2.32. The summed E-state index contributed by atoms with van der Waals surface area (Å²) in [5.41, 5.74) is -7.91. The van der Waals surface area contributed by atoms with Gasteiger partial charge in [-0.1, -0.05) is 6.07 Å². The maximum atomic E-state index is 12.6. The molecule has 20 heavy (non-hydrogen) atoms. The van der Waals surface area contributed by atoms with Crippen molar-refractivity contribution < 1.29 is 36.4 Å². The van der Waals surface area contributed by atoms with Gasteiger partial charge in [-0.3, -0.25) is 10.1 Å². The molecule has 0 unspecified atom stereocenters. The first kappa shape index (κ1) is 16.7. The van der Waals surface area contributed by atoms with Crippen LogP contribution in [0.1, 0.15) is 5.56 Å². The van der Waals surface area contributed by atoms with Gasteiger partial charge in [-0.15, -0.1) is 0 Å². The smallest absolute Gasteiger partial charge is 0.369 e. The van der Waals surface area contributed by atoms with E-state index in [-0.39, 0.29) is 10.5 Å². The van der Waals surface area contributed by atoms with Crippen molar-refractivity contribution in [2.45, 2.75) is 18.0 Å². The lowest BCUT2D eigenvalue weighted by molar-refractivity contribution is -0.387. The Labute approximate surface area is 115 Å². The average Bonchev–Trinajstić information content (AvgIpc) is 2.25. The molecule has 1 aromatic carbocycles. The van der Waals surface area contributed by atoms with Gasteiger partial charge in [0.2, 0.25) is 0 Å². The molecule has 1 aromatic rings. The zero-order valence-electron chi connectivity index (χ0n) is 9.09. The van der Waals surface area contributed by atoms with Gasteiger partial charge in [-0.05, 0) is 22.0 Å². The second-order valence-electron chi connectivity index (χ2n) is 3.63. The van der Waals surface area contributed by atoms with Gasteiger partial charge in [0.05, 0.1) is 9.40 Å². The third-order valence-corrected chi connectivity index (χ3v) is 3.05. The topological polar surface area (TPSA) is 63.4 Å². The SMILES string of the molecule is O=[N+]([O-])c1cc(C(O)(C(F)(F)F)C(F)(F)F)ccc1Br. The quantitative estimate of drug-likeness (QED) is 0.492. The predicted octanol–water partition coefficient (Wildman–Crippen LogP) is 3.67. The fourth-order valence-corrected chi connectivity index (χ4v) is 1.76. The molecule has 0 spiro atoms. The predicted molar refractivity (Wildman–Crippen MR) is 56.8 cm³/mol. The normalized spacial score (nSPS) is 13.4. The van der Waals surface area contributed by atoms with E-state index in [1.807, 2.05) is 0 Å². The molecule has 0 fully saturated rings. The summed E-state index contributed by atoms with van der Waals surface area (Å²) in [6.45, 7) is 0. The van der Waals surface area contributed by atoms with Crippen LogP contribution in [0.15, 0.2) is 22.7 Å². The molecular weight excluding hydrogens is 364 g/mol. The summed E-state index contributed by atoms with van der Waals surface area (Å²) in [5.74, 6) is 0. The Morgan fingerprint density at radius 2 is 1.55 bits per heavy atom. The number of nitro benzene ring substituents is 1. The summed E-state index contributed by atoms with van der Waals surface area (Å²) in [6, 6.07) is 0.943. The highest BCUT2D eigenvalue weighted by atomic mass is 79.9. The number of nitrogens with zero attached hydrogens (tertiary/aromatic N) is 1. The maximum absolute atomic E-state index is 12.6. The summed E-state index contributed by atoms with van der Waals surface area (Å²) in [6.07, 6.45) is -12.2. The van der Waals surface area contributed by atoms with Crippen LogP contribution in [0, 0.1) is 10.1 Å². The van der Waals surface area contributed by atoms with Crippen molar-refractivity contribution in [3.8, 4) is 0 Å². The minimum atomic E-state index is -6.09. The van der Waals surface area contributed by atoms with Gasteiger partial charge >= 0.3 is 12.4 Å².